The zero-order valence-electron chi connectivity index (χ0n) is 10.8. The second-order valence-corrected chi connectivity index (χ2v) is 4.70. The van der Waals surface area contributed by atoms with E-state index in [4.69, 9.17) is 5.26 Å². The molecule has 3 aromatic rings. The van der Waals surface area contributed by atoms with Crippen LogP contribution in [0.5, 0.6) is 0 Å². The van der Waals surface area contributed by atoms with Crippen LogP contribution in [0.2, 0.25) is 0 Å². The average Bonchev–Trinajstić information content (AvgIpc) is 2.48. The van der Waals surface area contributed by atoms with Crippen molar-refractivity contribution in [1.82, 2.24) is 4.98 Å². The van der Waals surface area contributed by atoms with Gasteiger partial charge in [-0.05, 0) is 35.2 Å². The molecule has 0 saturated heterocycles. The maximum absolute atomic E-state index is 12.1. The standard InChI is InChI=1S/C17H12N2O/c18-11-13-6-7-16-14(9-13)10-15(17(20)19-16)8-12-4-2-1-3-5-12/h1-7,9-10H,8H2,(H,19,20). The van der Waals surface area contributed by atoms with Crippen molar-refractivity contribution in [3.05, 3.63) is 81.6 Å². The van der Waals surface area contributed by atoms with Crippen LogP contribution in [0, 0.1) is 11.3 Å². The van der Waals surface area contributed by atoms with Crippen LogP contribution in [0.4, 0.5) is 0 Å². The van der Waals surface area contributed by atoms with E-state index in [0.29, 0.717) is 17.5 Å². The Labute approximate surface area is 116 Å². The van der Waals surface area contributed by atoms with Crippen LogP contribution < -0.4 is 5.56 Å². The lowest BCUT2D eigenvalue weighted by Crippen LogP contribution is -2.12. The lowest BCUT2D eigenvalue weighted by Gasteiger charge is -2.04. The van der Waals surface area contributed by atoms with Gasteiger partial charge in [0.05, 0.1) is 11.6 Å². The van der Waals surface area contributed by atoms with E-state index in [1.165, 1.54) is 0 Å². The van der Waals surface area contributed by atoms with Crippen molar-refractivity contribution >= 4 is 10.9 Å². The molecule has 0 fully saturated rings. The van der Waals surface area contributed by atoms with E-state index < -0.39 is 0 Å². The summed E-state index contributed by atoms with van der Waals surface area (Å²) in [7, 11) is 0. The highest BCUT2D eigenvalue weighted by atomic mass is 16.1. The first-order valence-electron chi connectivity index (χ1n) is 6.36. The SMILES string of the molecule is N#Cc1ccc2[nH]c(=O)c(Cc3ccccc3)cc2c1. The molecule has 20 heavy (non-hydrogen) atoms. The minimum atomic E-state index is -0.0777. The quantitative estimate of drug-likeness (QED) is 0.770. The molecule has 0 radical (unpaired) electrons. The molecule has 1 heterocycles. The van der Waals surface area contributed by atoms with Gasteiger partial charge in [-0.3, -0.25) is 4.79 Å². The normalized spacial score (nSPS) is 10.3. The van der Waals surface area contributed by atoms with Crippen molar-refractivity contribution in [1.29, 1.82) is 5.26 Å². The molecule has 1 aromatic heterocycles. The minimum Gasteiger partial charge on any atom is -0.322 e. The van der Waals surface area contributed by atoms with Crippen molar-refractivity contribution in [2.24, 2.45) is 0 Å². The van der Waals surface area contributed by atoms with Crippen molar-refractivity contribution in [2.75, 3.05) is 0 Å². The first kappa shape index (κ1) is 12.2. The van der Waals surface area contributed by atoms with Gasteiger partial charge in [-0.25, -0.2) is 0 Å². The van der Waals surface area contributed by atoms with E-state index in [2.05, 4.69) is 11.1 Å². The van der Waals surface area contributed by atoms with Crippen LogP contribution in [0.25, 0.3) is 10.9 Å². The molecule has 1 N–H and O–H groups in total. The summed E-state index contributed by atoms with van der Waals surface area (Å²) in [6, 6.07) is 19.1. The Balaban J connectivity index is 2.09. The van der Waals surface area contributed by atoms with Crippen molar-refractivity contribution in [3.63, 3.8) is 0 Å². The molecular formula is C17H12N2O. The minimum absolute atomic E-state index is 0.0777. The summed E-state index contributed by atoms with van der Waals surface area (Å²) in [4.78, 5) is 14.9. The first-order valence-corrected chi connectivity index (χ1v) is 6.36. The number of nitriles is 1. The number of hydrogen-bond donors (Lipinski definition) is 1. The number of nitrogens with one attached hydrogen (secondary N) is 1. The van der Waals surface area contributed by atoms with Crippen molar-refractivity contribution < 1.29 is 0 Å². The molecular weight excluding hydrogens is 248 g/mol. The summed E-state index contributed by atoms with van der Waals surface area (Å²) in [5.74, 6) is 0. The number of aromatic amines is 1. The Kier molecular flexibility index (Phi) is 3.06. The van der Waals surface area contributed by atoms with Crippen molar-refractivity contribution in [2.45, 2.75) is 6.42 Å². The van der Waals surface area contributed by atoms with Gasteiger partial charge in [0.2, 0.25) is 0 Å². The van der Waals surface area contributed by atoms with E-state index in [0.717, 1.165) is 16.5 Å². The summed E-state index contributed by atoms with van der Waals surface area (Å²) in [6.45, 7) is 0. The number of fused-ring (bicyclic) bond motifs is 1. The Bertz CT molecular complexity index is 858. The van der Waals surface area contributed by atoms with E-state index in [1.54, 1.807) is 18.2 Å². The van der Waals surface area contributed by atoms with Crippen LogP contribution in [0.3, 0.4) is 0 Å². The molecule has 0 spiro atoms. The lowest BCUT2D eigenvalue weighted by atomic mass is 10.0. The van der Waals surface area contributed by atoms with Gasteiger partial charge in [-0.2, -0.15) is 5.26 Å². The van der Waals surface area contributed by atoms with Gasteiger partial charge in [0.1, 0.15) is 0 Å². The summed E-state index contributed by atoms with van der Waals surface area (Å²) in [5, 5.41) is 9.82. The topological polar surface area (TPSA) is 56.6 Å². The number of H-pyrrole nitrogens is 1. The van der Waals surface area contributed by atoms with E-state index in [9.17, 15) is 4.79 Å². The second-order valence-electron chi connectivity index (χ2n) is 4.70. The van der Waals surface area contributed by atoms with Gasteiger partial charge in [0.25, 0.3) is 5.56 Å². The third-order valence-electron chi connectivity index (χ3n) is 3.29. The summed E-state index contributed by atoms with van der Waals surface area (Å²) < 4.78 is 0. The fraction of sp³-hybridized carbons (Fsp3) is 0.0588. The van der Waals surface area contributed by atoms with Crippen LogP contribution >= 0.6 is 0 Å². The third-order valence-corrected chi connectivity index (χ3v) is 3.29. The maximum Gasteiger partial charge on any atom is 0.251 e. The number of nitrogens with zero attached hydrogens (tertiary/aromatic N) is 1. The second kappa shape index (κ2) is 5.02. The molecule has 0 aliphatic rings. The molecule has 0 aliphatic heterocycles. The average molecular weight is 260 g/mol. The highest BCUT2D eigenvalue weighted by Gasteiger charge is 2.05. The molecule has 0 bridgehead atoms. The smallest absolute Gasteiger partial charge is 0.251 e. The molecule has 0 amide bonds. The van der Waals surface area contributed by atoms with Gasteiger partial charge in [0, 0.05) is 17.5 Å². The Morgan fingerprint density at radius 1 is 1.05 bits per heavy atom. The number of pyridine rings is 1. The van der Waals surface area contributed by atoms with Gasteiger partial charge in [-0.15, -0.1) is 0 Å². The van der Waals surface area contributed by atoms with Gasteiger partial charge in [0.15, 0.2) is 0 Å². The number of benzene rings is 2. The molecule has 3 rings (SSSR count). The lowest BCUT2D eigenvalue weighted by molar-refractivity contribution is 1.12. The number of rotatable bonds is 2. The summed E-state index contributed by atoms with van der Waals surface area (Å²) in [6.07, 6.45) is 0.586. The predicted octanol–water partition coefficient (Wildman–Crippen LogP) is 2.99. The molecule has 0 saturated carbocycles. The largest absolute Gasteiger partial charge is 0.322 e. The molecule has 3 heteroatoms. The van der Waals surface area contributed by atoms with Gasteiger partial charge in [-0.1, -0.05) is 30.3 Å². The van der Waals surface area contributed by atoms with Gasteiger partial charge >= 0.3 is 0 Å². The Morgan fingerprint density at radius 2 is 1.85 bits per heavy atom. The van der Waals surface area contributed by atoms with E-state index >= 15 is 0 Å². The van der Waals surface area contributed by atoms with Crippen LogP contribution in [0.15, 0.2) is 59.4 Å². The zero-order chi connectivity index (χ0) is 13.9. The molecule has 96 valence electrons. The Hall–Kier alpha value is -2.86. The highest BCUT2D eigenvalue weighted by Crippen LogP contribution is 2.15. The first-order chi connectivity index (χ1) is 9.76. The monoisotopic (exact) mass is 260 g/mol. The van der Waals surface area contributed by atoms with Crippen LogP contribution in [0.1, 0.15) is 16.7 Å². The molecule has 0 aliphatic carbocycles. The molecule has 2 aromatic carbocycles. The van der Waals surface area contributed by atoms with E-state index in [1.807, 2.05) is 36.4 Å². The highest BCUT2D eigenvalue weighted by molar-refractivity contribution is 5.80. The maximum atomic E-state index is 12.1. The zero-order valence-corrected chi connectivity index (χ0v) is 10.8. The van der Waals surface area contributed by atoms with Crippen LogP contribution in [-0.2, 0) is 6.42 Å². The molecule has 3 nitrogen and oxygen atoms in total. The van der Waals surface area contributed by atoms with Gasteiger partial charge < -0.3 is 4.98 Å². The fourth-order valence-electron chi connectivity index (χ4n) is 2.27. The fourth-order valence-corrected chi connectivity index (χ4v) is 2.27. The molecule has 0 atom stereocenters. The molecule has 0 unspecified atom stereocenters. The Morgan fingerprint density at radius 3 is 2.60 bits per heavy atom. The summed E-state index contributed by atoms with van der Waals surface area (Å²) >= 11 is 0. The van der Waals surface area contributed by atoms with Crippen molar-refractivity contribution in [3.8, 4) is 6.07 Å². The predicted molar refractivity (Wildman–Crippen MR) is 78.5 cm³/mol. The number of hydrogen-bond acceptors (Lipinski definition) is 2. The van der Waals surface area contributed by atoms with Crippen LogP contribution in [-0.4, -0.2) is 4.98 Å². The van der Waals surface area contributed by atoms with E-state index in [-0.39, 0.29) is 5.56 Å². The number of aromatic nitrogens is 1. The third kappa shape index (κ3) is 2.32. The summed E-state index contributed by atoms with van der Waals surface area (Å²) in [5.41, 5.74) is 3.07.